The van der Waals surface area contributed by atoms with E-state index >= 15 is 0 Å². The Bertz CT molecular complexity index is 454. The SMILES string of the molecule is CO[C@H]1CN(C(=O)CCn2ccnc2)C[C@@]12CCCO2. The molecule has 3 rings (SSSR count). The molecule has 3 heterocycles. The number of hydrogen-bond donors (Lipinski definition) is 0. The number of rotatable bonds is 4. The second-order valence-electron chi connectivity index (χ2n) is 5.57. The first kappa shape index (κ1) is 13.6. The maximum absolute atomic E-state index is 12.3. The van der Waals surface area contributed by atoms with Crippen molar-refractivity contribution in [3.63, 3.8) is 0 Å². The quantitative estimate of drug-likeness (QED) is 0.813. The van der Waals surface area contributed by atoms with E-state index in [1.54, 1.807) is 19.6 Å². The zero-order chi connectivity index (χ0) is 14.0. The molecule has 2 aliphatic heterocycles. The first-order valence-electron chi connectivity index (χ1n) is 7.14. The number of nitrogens with zero attached hydrogens (tertiary/aromatic N) is 3. The summed E-state index contributed by atoms with van der Waals surface area (Å²) in [6, 6.07) is 0. The molecule has 6 heteroatoms. The second kappa shape index (κ2) is 5.54. The van der Waals surface area contributed by atoms with E-state index in [1.807, 2.05) is 15.7 Å². The molecule has 110 valence electrons. The maximum atomic E-state index is 12.3. The van der Waals surface area contributed by atoms with Crippen molar-refractivity contribution in [3.05, 3.63) is 18.7 Å². The fourth-order valence-corrected chi connectivity index (χ4v) is 3.23. The van der Waals surface area contributed by atoms with Gasteiger partial charge in [0.1, 0.15) is 11.7 Å². The molecule has 0 saturated carbocycles. The van der Waals surface area contributed by atoms with Crippen LogP contribution in [0.1, 0.15) is 19.3 Å². The lowest BCUT2D eigenvalue weighted by Gasteiger charge is -2.27. The number of carbonyl (C=O) groups excluding carboxylic acids is 1. The normalized spacial score (nSPS) is 29.4. The van der Waals surface area contributed by atoms with Crippen molar-refractivity contribution in [2.45, 2.75) is 37.5 Å². The number of aryl methyl sites for hydroxylation is 1. The summed E-state index contributed by atoms with van der Waals surface area (Å²) in [5.74, 6) is 0.160. The molecule has 2 aliphatic rings. The van der Waals surface area contributed by atoms with Crippen molar-refractivity contribution in [2.24, 2.45) is 0 Å². The lowest BCUT2D eigenvalue weighted by molar-refractivity contribution is -0.131. The van der Waals surface area contributed by atoms with Crippen LogP contribution in [0.2, 0.25) is 0 Å². The highest BCUT2D eigenvalue weighted by atomic mass is 16.6. The van der Waals surface area contributed by atoms with E-state index in [2.05, 4.69) is 4.98 Å². The smallest absolute Gasteiger partial charge is 0.224 e. The number of likely N-dealkylation sites (tertiary alicyclic amines) is 1. The molecule has 20 heavy (non-hydrogen) atoms. The molecule has 0 N–H and O–H groups in total. The van der Waals surface area contributed by atoms with E-state index < -0.39 is 0 Å². The number of ether oxygens (including phenoxy) is 2. The van der Waals surface area contributed by atoms with E-state index in [9.17, 15) is 4.79 Å². The maximum Gasteiger partial charge on any atom is 0.224 e. The van der Waals surface area contributed by atoms with Crippen LogP contribution in [0, 0.1) is 0 Å². The first-order chi connectivity index (χ1) is 9.73. The van der Waals surface area contributed by atoms with E-state index in [-0.39, 0.29) is 17.6 Å². The molecular weight excluding hydrogens is 258 g/mol. The van der Waals surface area contributed by atoms with Gasteiger partial charge in [-0.25, -0.2) is 4.98 Å². The molecule has 1 aromatic rings. The Hall–Kier alpha value is -1.40. The van der Waals surface area contributed by atoms with Gasteiger partial charge in [-0.05, 0) is 12.8 Å². The monoisotopic (exact) mass is 279 g/mol. The summed E-state index contributed by atoms with van der Waals surface area (Å²) in [5.41, 5.74) is -0.264. The first-order valence-corrected chi connectivity index (χ1v) is 7.14. The van der Waals surface area contributed by atoms with Gasteiger partial charge in [0.2, 0.25) is 5.91 Å². The Morgan fingerprint density at radius 1 is 1.60 bits per heavy atom. The number of amides is 1. The highest BCUT2D eigenvalue weighted by Crippen LogP contribution is 2.36. The van der Waals surface area contributed by atoms with Crippen molar-refractivity contribution < 1.29 is 14.3 Å². The van der Waals surface area contributed by atoms with Crippen molar-refractivity contribution in [1.82, 2.24) is 14.5 Å². The Labute approximate surface area is 118 Å². The van der Waals surface area contributed by atoms with Crippen molar-refractivity contribution >= 4 is 5.91 Å². The molecule has 2 fully saturated rings. The van der Waals surface area contributed by atoms with Gasteiger partial charge in [0.05, 0.1) is 12.9 Å². The summed E-state index contributed by atoms with van der Waals surface area (Å²) in [5, 5.41) is 0. The number of aromatic nitrogens is 2. The Balaban J connectivity index is 1.59. The van der Waals surface area contributed by atoms with Crippen LogP contribution in [-0.2, 0) is 20.8 Å². The third-order valence-electron chi connectivity index (χ3n) is 4.35. The van der Waals surface area contributed by atoms with Crippen LogP contribution in [0.15, 0.2) is 18.7 Å². The van der Waals surface area contributed by atoms with Gasteiger partial charge in [-0.3, -0.25) is 4.79 Å². The minimum absolute atomic E-state index is 0.00203. The van der Waals surface area contributed by atoms with Crippen LogP contribution < -0.4 is 0 Å². The average Bonchev–Trinajstić information content (AvgIpc) is 3.18. The molecule has 0 unspecified atom stereocenters. The van der Waals surface area contributed by atoms with Crippen LogP contribution in [0.4, 0.5) is 0 Å². The van der Waals surface area contributed by atoms with Crippen LogP contribution in [0.5, 0.6) is 0 Å². The molecule has 0 bridgehead atoms. The fraction of sp³-hybridized carbons (Fsp3) is 0.714. The summed E-state index contributed by atoms with van der Waals surface area (Å²) in [7, 11) is 1.70. The van der Waals surface area contributed by atoms with Gasteiger partial charge in [0.25, 0.3) is 0 Å². The van der Waals surface area contributed by atoms with E-state index in [0.29, 0.717) is 26.1 Å². The molecule has 6 nitrogen and oxygen atoms in total. The lowest BCUT2D eigenvalue weighted by atomic mass is 9.96. The molecule has 2 saturated heterocycles. The summed E-state index contributed by atoms with van der Waals surface area (Å²) in [4.78, 5) is 18.2. The Morgan fingerprint density at radius 3 is 3.15 bits per heavy atom. The average molecular weight is 279 g/mol. The molecule has 2 atom stereocenters. The molecule has 0 aromatic carbocycles. The van der Waals surface area contributed by atoms with E-state index in [4.69, 9.17) is 9.47 Å². The highest BCUT2D eigenvalue weighted by molar-refractivity contribution is 5.76. The molecule has 0 aliphatic carbocycles. The third-order valence-corrected chi connectivity index (χ3v) is 4.35. The zero-order valence-corrected chi connectivity index (χ0v) is 11.8. The van der Waals surface area contributed by atoms with Gasteiger partial charge < -0.3 is 18.9 Å². The van der Waals surface area contributed by atoms with Gasteiger partial charge in [-0.15, -0.1) is 0 Å². The van der Waals surface area contributed by atoms with Gasteiger partial charge in [0.15, 0.2) is 0 Å². The van der Waals surface area contributed by atoms with Crippen LogP contribution in [0.3, 0.4) is 0 Å². The molecule has 0 radical (unpaired) electrons. The highest BCUT2D eigenvalue weighted by Gasteiger charge is 2.51. The zero-order valence-electron chi connectivity index (χ0n) is 11.8. The standard InChI is InChI=1S/C14H21N3O3/c1-19-12-9-17(10-14(12)4-2-8-20-14)13(18)3-6-16-7-5-15-11-16/h5,7,11-12H,2-4,6,8-10H2,1H3/t12-,14-/m0/s1. The Kier molecular flexibility index (Phi) is 3.76. The van der Waals surface area contributed by atoms with Gasteiger partial charge in [-0.2, -0.15) is 0 Å². The topological polar surface area (TPSA) is 56.6 Å². The van der Waals surface area contributed by atoms with Crippen molar-refractivity contribution in [1.29, 1.82) is 0 Å². The van der Waals surface area contributed by atoms with Crippen LogP contribution in [-0.4, -0.2) is 58.9 Å². The summed E-state index contributed by atoms with van der Waals surface area (Å²) in [6.07, 6.45) is 7.86. The van der Waals surface area contributed by atoms with E-state index in [1.165, 1.54) is 0 Å². The van der Waals surface area contributed by atoms with Gasteiger partial charge >= 0.3 is 0 Å². The predicted octanol–water partition coefficient (Wildman–Crippen LogP) is 0.680. The number of carbonyl (C=O) groups is 1. The summed E-state index contributed by atoms with van der Waals surface area (Å²) in [6.45, 7) is 2.74. The van der Waals surface area contributed by atoms with Gasteiger partial charge in [0, 0.05) is 45.6 Å². The second-order valence-corrected chi connectivity index (χ2v) is 5.57. The van der Waals surface area contributed by atoms with Crippen molar-refractivity contribution in [2.75, 3.05) is 26.8 Å². The van der Waals surface area contributed by atoms with Crippen LogP contribution >= 0.6 is 0 Å². The summed E-state index contributed by atoms with van der Waals surface area (Å²) >= 11 is 0. The molecular formula is C14H21N3O3. The van der Waals surface area contributed by atoms with Crippen LogP contribution in [0.25, 0.3) is 0 Å². The minimum atomic E-state index is -0.264. The largest absolute Gasteiger partial charge is 0.377 e. The third kappa shape index (κ3) is 2.45. The Morgan fingerprint density at radius 2 is 2.50 bits per heavy atom. The minimum Gasteiger partial charge on any atom is -0.377 e. The number of imidazole rings is 1. The predicted molar refractivity (Wildman–Crippen MR) is 72.1 cm³/mol. The van der Waals surface area contributed by atoms with Gasteiger partial charge in [-0.1, -0.05) is 0 Å². The van der Waals surface area contributed by atoms with Crippen molar-refractivity contribution in [3.8, 4) is 0 Å². The molecule has 1 amide bonds. The van der Waals surface area contributed by atoms with E-state index in [0.717, 1.165) is 19.4 Å². The lowest BCUT2D eigenvalue weighted by Crippen LogP contribution is -2.42. The number of methoxy groups -OCH3 is 1. The summed E-state index contributed by atoms with van der Waals surface area (Å²) < 4.78 is 13.4. The molecule has 1 spiro atoms. The fourth-order valence-electron chi connectivity index (χ4n) is 3.23. The number of hydrogen-bond acceptors (Lipinski definition) is 4. The molecule has 1 aromatic heterocycles.